The lowest BCUT2D eigenvalue weighted by molar-refractivity contribution is 0.0506. The minimum atomic E-state index is -0.666. The van der Waals surface area contributed by atoms with Crippen LogP contribution in [-0.2, 0) is 0 Å². The average Bonchev–Trinajstić information content (AvgIpc) is 2.54. The van der Waals surface area contributed by atoms with E-state index in [0.717, 1.165) is 6.07 Å². The van der Waals surface area contributed by atoms with Crippen LogP contribution >= 0.6 is 0 Å². The maximum Gasteiger partial charge on any atom is 0.257 e. The van der Waals surface area contributed by atoms with Crippen LogP contribution in [0, 0.1) is 28.5 Å². The maximum atomic E-state index is 14.0. The highest BCUT2D eigenvalue weighted by Crippen LogP contribution is 2.17. The Balaban J connectivity index is 2.06. The molecular formula is C17H17FN4O. The zero-order valence-electron chi connectivity index (χ0n) is 12.9. The molecule has 0 N–H and O–H groups in total. The summed E-state index contributed by atoms with van der Waals surface area (Å²) in [5, 5.41) is 17.2. The van der Waals surface area contributed by atoms with E-state index < -0.39 is 5.82 Å². The number of hydrogen-bond acceptors (Lipinski definition) is 4. The molecule has 0 aliphatic carbocycles. The minimum absolute atomic E-state index is 0.00586. The molecule has 1 saturated heterocycles. The van der Waals surface area contributed by atoms with Gasteiger partial charge in [-0.05, 0) is 25.1 Å². The fourth-order valence-corrected chi connectivity index (χ4v) is 2.67. The molecule has 118 valence electrons. The van der Waals surface area contributed by atoms with Crippen molar-refractivity contribution in [2.24, 2.45) is 0 Å². The second-order valence-electron chi connectivity index (χ2n) is 5.45. The van der Waals surface area contributed by atoms with E-state index in [-0.39, 0.29) is 23.1 Å². The molecule has 1 heterocycles. The third-order valence-electron chi connectivity index (χ3n) is 3.86. The largest absolute Gasteiger partial charge is 0.333 e. The van der Waals surface area contributed by atoms with E-state index >= 15 is 0 Å². The van der Waals surface area contributed by atoms with Gasteiger partial charge < -0.3 is 4.90 Å². The highest BCUT2D eigenvalue weighted by atomic mass is 19.1. The smallest absolute Gasteiger partial charge is 0.257 e. The molecule has 0 bridgehead atoms. The van der Waals surface area contributed by atoms with Crippen LogP contribution < -0.4 is 0 Å². The lowest BCUT2D eigenvalue weighted by Gasteiger charge is -2.39. The zero-order valence-corrected chi connectivity index (χ0v) is 12.9. The second kappa shape index (κ2) is 7.53. The van der Waals surface area contributed by atoms with Gasteiger partial charge in [-0.15, -0.1) is 0 Å². The Morgan fingerprint density at radius 3 is 2.83 bits per heavy atom. The van der Waals surface area contributed by atoms with Crippen molar-refractivity contribution >= 4 is 5.91 Å². The number of nitrogens with zero attached hydrogens (tertiary/aromatic N) is 4. The second-order valence-corrected chi connectivity index (χ2v) is 5.45. The molecule has 1 fully saturated rings. The summed E-state index contributed by atoms with van der Waals surface area (Å²) in [7, 11) is 0. The number of halogens is 1. The molecule has 1 atom stereocenters. The molecule has 0 radical (unpaired) electrons. The predicted molar refractivity (Wildman–Crippen MR) is 82.8 cm³/mol. The van der Waals surface area contributed by atoms with Gasteiger partial charge in [0.05, 0.1) is 23.3 Å². The van der Waals surface area contributed by atoms with E-state index in [1.54, 1.807) is 11.0 Å². The van der Waals surface area contributed by atoms with E-state index in [2.05, 4.69) is 4.90 Å². The number of benzene rings is 1. The molecule has 1 amide bonds. The van der Waals surface area contributed by atoms with Crippen molar-refractivity contribution in [1.82, 2.24) is 9.80 Å². The Morgan fingerprint density at radius 1 is 1.43 bits per heavy atom. The lowest BCUT2D eigenvalue weighted by atomic mass is 10.1. The van der Waals surface area contributed by atoms with E-state index in [1.165, 1.54) is 18.2 Å². The molecule has 6 heteroatoms. The number of amides is 1. The van der Waals surface area contributed by atoms with Crippen LogP contribution in [0.2, 0.25) is 0 Å². The third kappa shape index (κ3) is 3.94. The molecule has 0 saturated carbocycles. The molecule has 0 unspecified atom stereocenters. The van der Waals surface area contributed by atoms with E-state index in [4.69, 9.17) is 10.5 Å². The Labute approximate surface area is 134 Å². The summed E-state index contributed by atoms with van der Waals surface area (Å²) < 4.78 is 14.0. The monoisotopic (exact) mass is 312 g/mol. The van der Waals surface area contributed by atoms with Crippen molar-refractivity contribution < 1.29 is 9.18 Å². The van der Waals surface area contributed by atoms with Gasteiger partial charge in [-0.3, -0.25) is 9.69 Å². The molecule has 1 aromatic carbocycles. The van der Waals surface area contributed by atoms with Crippen LogP contribution in [0.4, 0.5) is 4.39 Å². The van der Waals surface area contributed by atoms with Gasteiger partial charge in [-0.25, -0.2) is 4.39 Å². The number of carbonyl (C=O) groups excluding carboxylic acids is 1. The predicted octanol–water partition coefficient (Wildman–Crippen LogP) is 1.92. The summed E-state index contributed by atoms with van der Waals surface area (Å²) in [5.41, 5.74) is 0.190. The summed E-state index contributed by atoms with van der Waals surface area (Å²) in [6, 6.07) is 7.64. The Bertz CT molecular complexity index is 702. The molecule has 2 rings (SSSR count). The minimum Gasteiger partial charge on any atom is -0.333 e. The Hall–Kier alpha value is -2.70. The molecule has 1 aliphatic rings. The number of nitriles is 2. The standard InChI is InChI=1S/C17H17FN4O/c1-13-12-21(7-3-2-6-19)8-9-22(13)17(23)15-5-4-14(11-20)10-16(15)18/h2-5,10,13H,7-9,12H2,1H3/b3-2-/t13-/m1/s1. The number of piperazine rings is 1. The fourth-order valence-electron chi connectivity index (χ4n) is 2.67. The third-order valence-corrected chi connectivity index (χ3v) is 3.86. The van der Waals surface area contributed by atoms with Gasteiger partial charge in [0.15, 0.2) is 0 Å². The summed E-state index contributed by atoms with van der Waals surface area (Å²) >= 11 is 0. The van der Waals surface area contributed by atoms with Crippen molar-refractivity contribution in [2.75, 3.05) is 26.2 Å². The fraction of sp³-hybridized carbons (Fsp3) is 0.353. The summed E-state index contributed by atoms with van der Waals surface area (Å²) in [4.78, 5) is 16.3. The van der Waals surface area contributed by atoms with E-state index in [0.29, 0.717) is 26.2 Å². The van der Waals surface area contributed by atoms with Crippen LogP contribution in [-0.4, -0.2) is 47.9 Å². The van der Waals surface area contributed by atoms with Gasteiger partial charge in [0.1, 0.15) is 5.82 Å². The first kappa shape index (κ1) is 16.7. The Morgan fingerprint density at radius 2 is 2.22 bits per heavy atom. The molecule has 23 heavy (non-hydrogen) atoms. The number of rotatable bonds is 3. The van der Waals surface area contributed by atoms with Crippen molar-refractivity contribution in [3.63, 3.8) is 0 Å². The highest BCUT2D eigenvalue weighted by molar-refractivity contribution is 5.95. The van der Waals surface area contributed by atoms with Gasteiger partial charge in [-0.1, -0.05) is 6.08 Å². The number of carbonyl (C=O) groups is 1. The first-order valence-electron chi connectivity index (χ1n) is 7.34. The van der Waals surface area contributed by atoms with E-state index in [1.807, 2.05) is 19.1 Å². The van der Waals surface area contributed by atoms with Gasteiger partial charge in [0.25, 0.3) is 5.91 Å². The summed E-state index contributed by atoms with van der Waals surface area (Å²) in [5.74, 6) is -1.02. The van der Waals surface area contributed by atoms with Crippen molar-refractivity contribution in [3.05, 3.63) is 47.3 Å². The maximum absolute atomic E-state index is 14.0. The average molecular weight is 312 g/mol. The van der Waals surface area contributed by atoms with Crippen LogP contribution in [0.3, 0.4) is 0 Å². The van der Waals surface area contributed by atoms with Crippen molar-refractivity contribution in [2.45, 2.75) is 13.0 Å². The number of allylic oxidation sites excluding steroid dienone is 1. The molecule has 1 aromatic rings. The first-order valence-corrected chi connectivity index (χ1v) is 7.34. The quantitative estimate of drug-likeness (QED) is 0.800. The van der Waals surface area contributed by atoms with Crippen molar-refractivity contribution in [3.8, 4) is 12.1 Å². The molecule has 0 spiro atoms. The summed E-state index contributed by atoms with van der Waals surface area (Å²) in [6.45, 7) is 4.41. The topological polar surface area (TPSA) is 71.1 Å². The normalized spacial score (nSPS) is 18.6. The molecule has 0 aromatic heterocycles. The molecule has 1 aliphatic heterocycles. The SMILES string of the molecule is C[C@@H]1CN(C/C=C\C#N)CCN1C(=O)c1ccc(C#N)cc1F. The molecule has 5 nitrogen and oxygen atoms in total. The lowest BCUT2D eigenvalue weighted by Crippen LogP contribution is -2.54. The van der Waals surface area contributed by atoms with Crippen LogP contribution in [0.25, 0.3) is 0 Å². The van der Waals surface area contributed by atoms with Gasteiger partial charge >= 0.3 is 0 Å². The summed E-state index contributed by atoms with van der Waals surface area (Å²) in [6.07, 6.45) is 3.22. The van der Waals surface area contributed by atoms with Crippen LogP contribution in [0.1, 0.15) is 22.8 Å². The van der Waals surface area contributed by atoms with Gasteiger partial charge in [0.2, 0.25) is 0 Å². The number of hydrogen-bond donors (Lipinski definition) is 0. The highest BCUT2D eigenvalue weighted by Gasteiger charge is 2.29. The van der Waals surface area contributed by atoms with E-state index in [9.17, 15) is 9.18 Å². The zero-order chi connectivity index (χ0) is 16.8. The van der Waals surface area contributed by atoms with Crippen molar-refractivity contribution in [1.29, 1.82) is 10.5 Å². The Kier molecular flexibility index (Phi) is 5.46. The van der Waals surface area contributed by atoms with Crippen LogP contribution in [0.15, 0.2) is 30.4 Å². The first-order chi connectivity index (χ1) is 11.1. The van der Waals surface area contributed by atoms with Gasteiger partial charge in [0, 0.05) is 38.3 Å². The van der Waals surface area contributed by atoms with Crippen LogP contribution in [0.5, 0.6) is 0 Å². The molecular weight excluding hydrogens is 295 g/mol. The van der Waals surface area contributed by atoms with Gasteiger partial charge in [-0.2, -0.15) is 10.5 Å².